The quantitative estimate of drug-likeness (QED) is 0.817. The van der Waals surface area contributed by atoms with Crippen LogP contribution in [0.5, 0.6) is 0 Å². The van der Waals surface area contributed by atoms with E-state index in [0.29, 0.717) is 32.4 Å². The van der Waals surface area contributed by atoms with Gasteiger partial charge in [-0.2, -0.15) is 0 Å². The number of benzene rings is 1. The molecule has 7 heteroatoms. The Morgan fingerprint density at radius 2 is 2.08 bits per heavy atom. The summed E-state index contributed by atoms with van der Waals surface area (Å²) in [6, 6.07) is 6.51. The highest BCUT2D eigenvalue weighted by Gasteiger charge is 2.55. The number of rotatable bonds is 2. The minimum Gasteiger partial charge on any atom is -0.388 e. The first-order valence-corrected chi connectivity index (χ1v) is 9.08. The minimum absolute atomic E-state index is 0. The van der Waals surface area contributed by atoms with E-state index in [1.54, 1.807) is 11.0 Å². The molecule has 1 saturated carbocycles. The number of carbonyl (C=O) groups is 1. The monoisotopic (exact) mass is 384 g/mol. The van der Waals surface area contributed by atoms with E-state index in [-0.39, 0.29) is 36.6 Å². The van der Waals surface area contributed by atoms with Crippen LogP contribution >= 0.6 is 12.4 Å². The number of hydrogen-bond donors (Lipinski definition) is 2. The normalized spacial score (nSPS) is 32.8. The Hall–Kier alpha value is -1.21. The Labute approximate surface area is 159 Å². The molecule has 1 aromatic carbocycles. The van der Waals surface area contributed by atoms with Crippen LogP contribution in [0, 0.1) is 5.82 Å². The molecule has 3 fully saturated rings. The van der Waals surface area contributed by atoms with Crippen molar-refractivity contribution in [1.82, 2.24) is 4.90 Å². The molecule has 4 rings (SSSR count). The van der Waals surface area contributed by atoms with Crippen molar-refractivity contribution in [3.63, 3.8) is 0 Å². The van der Waals surface area contributed by atoms with E-state index < -0.39 is 17.2 Å². The van der Waals surface area contributed by atoms with Crippen molar-refractivity contribution in [2.45, 2.75) is 55.3 Å². The number of aliphatic hydroxyl groups is 1. The second kappa shape index (κ2) is 7.08. The van der Waals surface area contributed by atoms with Gasteiger partial charge in [-0.05, 0) is 37.0 Å². The molecule has 1 aliphatic carbocycles. The highest BCUT2D eigenvalue weighted by atomic mass is 35.5. The van der Waals surface area contributed by atoms with Crippen LogP contribution in [0.25, 0.3) is 0 Å². The number of carbonyl (C=O) groups excluding carboxylic acids is 1. The predicted molar refractivity (Wildman–Crippen MR) is 97.7 cm³/mol. The van der Waals surface area contributed by atoms with Gasteiger partial charge in [-0.25, -0.2) is 4.39 Å². The molecule has 3 aliphatic rings. The predicted octanol–water partition coefficient (Wildman–Crippen LogP) is 1.96. The largest absolute Gasteiger partial charge is 0.388 e. The zero-order valence-corrected chi connectivity index (χ0v) is 15.5. The fourth-order valence-electron chi connectivity index (χ4n) is 4.68. The number of nitrogens with two attached hydrogens (primary N) is 1. The molecule has 2 saturated heterocycles. The maximum absolute atomic E-state index is 13.5. The van der Waals surface area contributed by atoms with Gasteiger partial charge in [0.1, 0.15) is 17.5 Å². The Balaban J connectivity index is 0.00000196. The molecule has 1 amide bonds. The van der Waals surface area contributed by atoms with Gasteiger partial charge in [0, 0.05) is 12.5 Å². The fraction of sp³-hybridized carbons (Fsp3) is 0.632. The molecule has 26 heavy (non-hydrogen) atoms. The number of β-amino-alcohol motifs (C(OH)–C–C–N with tert-alkyl or cyclic N) is 1. The zero-order chi connectivity index (χ0) is 17.7. The van der Waals surface area contributed by atoms with E-state index in [4.69, 9.17) is 10.5 Å². The molecule has 1 aromatic rings. The van der Waals surface area contributed by atoms with Crippen molar-refractivity contribution in [1.29, 1.82) is 0 Å². The Morgan fingerprint density at radius 3 is 2.77 bits per heavy atom. The Bertz CT molecular complexity index is 683. The van der Waals surface area contributed by atoms with Gasteiger partial charge in [0.15, 0.2) is 0 Å². The maximum Gasteiger partial charge on any atom is 0.242 e. The summed E-state index contributed by atoms with van der Waals surface area (Å²) < 4.78 is 19.5. The summed E-state index contributed by atoms with van der Waals surface area (Å²) in [7, 11) is 0. The molecule has 0 aromatic heterocycles. The third-order valence-electron chi connectivity index (χ3n) is 6.15. The van der Waals surface area contributed by atoms with Crippen LogP contribution in [-0.2, 0) is 9.53 Å². The van der Waals surface area contributed by atoms with Gasteiger partial charge in [0.2, 0.25) is 5.91 Å². The number of aliphatic hydroxyl groups excluding tert-OH is 1. The first-order valence-electron chi connectivity index (χ1n) is 9.08. The lowest BCUT2D eigenvalue weighted by molar-refractivity contribution is -0.136. The van der Waals surface area contributed by atoms with Crippen molar-refractivity contribution in [2.24, 2.45) is 5.73 Å². The lowest BCUT2D eigenvalue weighted by Gasteiger charge is -2.30. The fourth-order valence-corrected chi connectivity index (χ4v) is 4.68. The molecular weight excluding hydrogens is 359 g/mol. The van der Waals surface area contributed by atoms with Gasteiger partial charge in [0.25, 0.3) is 0 Å². The first-order chi connectivity index (χ1) is 11.9. The summed E-state index contributed by atoms with van der Waals surface area (Å²) in [5.74, 6) is -0.314. The number of hydrogen-bond acceptors (Lipinski definition) is 4. The summed E-state index contributed by atoms with van der Waals surface area (Å²) in [4.78, 5) is 14.5. The van der Waals surface area contributed by atoms with Crippen LogP contribution in [0.3, 0.4) is 0 Å². The first kappa shape index (κ1) is 19.5. The Morgan fingerprint density at radius 1 is 1.35 bits per heavy atom. The van der Waals surface area contributed by atoms with Crippen LogP contribution in [0.15, 0.2) is 24.3 Å². The average Bonchev–Trinajstić information content (AvgIpc) is 3.29. The summed E-state index contributed by atoms with van der Waals surface area (Å²) in [5.41, 5.74) is 5.62. The number of likely N-dealkylation sites (tertiary alicyclic amines) is 1. The van der Waals surface area contributed by atoms with E-state index in [0.717, 1.165) is 18.4 Å². The van der Waals surface area contributed by atoms with Crippen molar-refractivity contribution < 1.29 is 19.0 Å². The number of nitrogens with zero attached hydrogens (tertiary/aromatic N) is 1. The highest BCUT2D eigenvalue weighted by molar-refractivity contribution is 5.87. The second-order valence-corrected chi connectivity index (χ2v) is 7.90. The third-order valence-corrected chi connectivity index (χ3v) is 6.15. The maximum atomic E-state index is 13.5. The lowest BCUT2D eigenvalue weighted by atomic mass is 9.87. The van der Waals surface area contributed by atoms with Crippen molar-refractivity contribution in [3.05, 3.63) is 35.6 Å². The molecule has 144 valence electrons. The number of amides is 1. The van der Waals surface area contributed by atoms with E-state index in [1.165, 1.54) is 12.1 Å². The summed E-state index contributed by atoms with van der Waals surface area (Å²) in [6.07, 6.45) is 3.21. The molecule has 3 atom stereocenters. The van der Waals surface area contributed by atoms with E-state index in [9.17, 15) is 14.3 Å². The molecule has 3 N–H and O–H groups in total. The molecule has 5 nitrogen and oxygen atoms in total. The van der Waals surface area contributed by atoms with Gasteiger partial charge in [-0.3, -0.25) is 4.79 Å². The Kier molecular flexibility index (Phi) is 5.32. The van der Waals surface area contributed by atoms with E-state index in [1.807, 2.05) is 6.07 Å². The average molecular weight is 385 g/mol. The molecule has 2 heterocycles. The van der Waals surface area contributed by atoms with Crippen LogP contribution < -0.4 is 5.73 Å². The van der Waals surface area contributed by atoms with Crippen molar-refractivity contribution in [3.8, 4) is 0 Å². The summed E-state index contributed by atoms with van der Waals surface area (Å²) >= 11 is 0. The van der Waals surface area contributed by atoms with Crippen LogP contribution in [0.2, 0.25) is 0 Å². The molecule has 1 spiro atoms. The third kappa shape index (κ3) is 3.24. The minimum atomic E-state index is -0.786. The second-order valence-electron chi connectivity index (χ2n) is 7.90. The zero-order valence-electron chi connectivity index (χ0n) is 14.7. The van der Waals surface area contributed by atoms with Crippen LogP contribution in [-0.4, -0.2) is 52.9 Å². The van der Waals surface area contributed by atoms with Crippen molar-refractivity contribution in [2.75, 3.05) is 19.7 Å². The topological polar surface area (TPSA) is 75.8 Å². The molecule has 0 radical (unpaired) electrons. The summed E-state index contributed by atoms with van der Waals surface area (Å²) in [5, 5.41) is 10.6. The summed E-state index contributed by atoms with van der Waals surface area (Å²) in [6.45, 7) is 1.04. The van der Waals surface area contributed by atoms with Gasteiger partial charge in [-0.15, -0.1) is 12.4 Å². The number of halogens is 2. The van der Waals surface area contributed by atoms with Crippen molar-refractivity contribution >= 4 is 18.3 Å². The van der Waals surface area contributed by atoms with E-state index >= 15 is 0 Å². The van der Waals surface area contributed by atoms with Crippen LogP contribution in [0.1, 0.15) is 43.6 Å². The van der Waals surface area contributed by atoms with Gasteiger partial charge in [0.05, 0.1) is 18.7 Å². The standard InChI is InChI=1S/C19H25FN2O3.ClH/c20-15-5-3-4-13(8-15)14-9-19(25-11-14)12-22(10-16(19)23)17(24)18(21)6-1-2-7-18;/h3-5,8,14,16,23H,1-2,6-7,9-12,21H2;1H/t14-,16+,19+;/m0./s1. The van der Waals surface area contributed by atoms with Gasteiger partial charge >= 0.3 is 0 Å². The van der Waals surface area contributed by atoms with Gasteiger partial charge in [-0.1, -0.05) is 25.0 Å². The van der Waals surface area contributed by atoms with E-state index in [2.05, 4.69) is 0 Å². The molecule has 2 aliphatic heterocycles. The molecular formula is C19H26ClFN2O3. The van der Waals surface area contributed by atoms with Crippen LogP contribution in [0.4, 0.5) is 4.39 Å². The molecule has 0 bridgehead atoms. The highest BCUT2D eigenvalue weighted by Crippen LogP contribution is 2.43. The number of ether oxygens (including phenoxy) is 1. The smallest absolute Gasteiger partial charge is 0.242 e. The molecule has 0 unspecified atom stereocenters. The SMILES string of the molecule is Cl.NC1(C(=O)N2C[C@@H](O)[C@@]3(C[C@H](c4cccc(F)c4)CO3)C2)CCCC1. The van der Waals surface area contributed by atoms with Gasteiger partial charge < -0.3 is 20.5 Å². The lowest BCUT2D eigenvalue weighted by Crippen LogP contribution is -2.53.